The van der Waals surface area contributed by atoms with Gasteiger partial charge in [-0.05, 0) is 0 Å². The summed E-state index contributed by atoms with van der Waals surface area (Å²) in [4.78, 5) is 12.8. The highest BCUT2D eigenvalue weighted by molar-refractivity contribution is 5.73. The minimum Gasteiger partial charge on any atom is -0.480 e. The fourth-order valence-corrected chi connectivity index (χ4v) is 1.56. The Morgan fingerprint density at radius 3 is 3.00 bits per heavy atom. The van der Waals surface area contributed by atoms with Crippen LogP contribution in [0.25, 0.3) is 0 Å². The van der Waals surface area contributed by atoms with E-state index in [-0.39, 0.29) is 6.61 Å². The monoisotopic (exact) mass is 233 g/mol. The molecule has 0 aliphatic carbocycles. The van der Waals surface area contributed by atoms with Crippen LogP contribution in [0, 0.1) is 0 Å². The third-order valence-electron chi connectivity index (χ3n) is 2.48. The molecule has 1 unspecified atom stereocenters. The van der Waals surface area contributed by atoms with Crippen LogP contribution in [0.1, 0.15) is 0 Å². The third kappa shape index (κ3) is 4.44. The number of morpholine rings is 1. The molecule has 1 heterocycles. The highest BCUT2D eigenvalue weighted by Gasteiger charge is 2.28. The molecule has 1 atom stereocenters. The molecule has 1 fully saturated rings. The smallest absolute Gasteiger partial charge is 0.323 e. The number of carboxylic acid groups (broad SMARTS) is 1. The van der Waals surface area contributed by atoms with Crippen LogP contribution in [-0.2, 0) is 19.0 Å². The highest BCUT2D eigenvalue weighted by Crippen LogP contribution is 2.06. The van der Waals surface area contributed by atoms with Gasteiger partial charge >= 0.3 is 5.97 Å². The zero-order chi connectivity index (χ0) is 11.8. The number of methoxy groups -OCH3 is 1. The van der Waals surface area contributed by atoms with Gasteiger partial charge in [0.25, 0.3) is 0 Å². The lowest BCUT2D eigenvalue weighted by atomic mass is 10.2. The number of nitrogens with zero attached hydrogens (tertiary/aromatic N) is 1. The van der Waals surface area contributed by atoms with Gasteiger partial charge in [-0.3, -0.25) is 9.69 Å². The molecule has 1 saturated heterocycles. The fourth-order valence-electron chi connectivity index (χ4n) is 1.56. The maximum absolute atomic E-state index is 10.9. The fraction of sp³-hybridized carbons (Fsp3) is 0.900. The topological polar surface area (TPSA) is 68.2 Å². The summed E-state index contributed by atoms with van der Waals surface area (Å²) in [5.41, 5.74) is 0. The van der Waals surface area contributed by atoms with Crippen molar-refractivity contribution in [1.29, 1.82) is 0 Å². The lowest BCUT2D eigenvalue weighted by molar-refractivity contribution is -0.150. The zero-order valence-corrected chi connectivity index (χ0v) is 9.55. The zero-order valence-electron chi connectivity index (χ0n) is 9.55. The normalized spacial score (nSPS) is 22.2. The van der Waals surface area contributed by atoms with E-state index in [9.17, 15) is 4.79 Å². The molecule has 0 aromatic carbocycles. The average molecular weight is 233 g/mol. The van der Waals surface area contributed by atoms with Gasteiger partial charge in [0.1, 0.15) is 6.04 Å². The van der Waals surface area contributed by atoms with Crippen LogP contribution in [0.3, 0.4) is 0 Å². The van der Waals surface area contributed by atoms with Crippen molar-refractivity contribution in [3.05, 3.63) is 0 Å². The standard InChI is InChI=1S/C10H19NO5/c1-14-6-7-15-4-2-11-3-5-16-8-9(11)10(12)13/h9H,2-8H2,1H3,(H,12,13). The van der Waals surface area contributed by atoms with Gasteiger partial charge in [0.2, 0.25) is 0 Å². The molecule has 0 bridgehead atoms. The van der Waals surface area contributed by atoms with E-state index in [0.29, 0.717) is 39.5 Å². The number of hydrogen-bond donors (Lipinski definition) is 1. The summed E-state index contributed by atoms with van der Waals surface area (Å²) >= 11 is 0. The molecular formula is C10H19NO5. The molecule has 1 N–H and O–H groups in total. The summed E-state index contributed by atoms with van der Waals surface area (Å²) in [7, 11) is 1.62. The molecule has 0 radical (unpaired) electrons. The summed E-state index contributed by atoms with van der Waals surface area (Å²) in [6.45, 7) is 3.72. The van der Waals surface area contributed by atoms with Gasteiger partial charge in [0, 0.05) is 20.2 Å². The predicted molar refractivity (Wildman–Crippen MR) is 56.5 cm³/mol. The Balaban J connectivity index is 2.19. The van der Waals surface area contributed by atoms with Gasteiger partial charge in [-0.1, -0.05) is 0 Å². The summed E-state index contributed by atoms with van der Waals surface area (Å²) in [5.74, 6) is -0.836. The van der Waals surface area contributed by atoms with E-state index < -0.39 is 12.0 Å². The Morgan fingerprint density at radius 1 is 1.50 bits per heavy atom. The molecule has 1 rings (SSSR count). The van der Waals surface area contributed by atoms with Crippen LogP contribution in [0.4, 0.5) is 0 Å². The first-order valence-electron chi connectivity index (χ1n) is 5.37. The van der Waals surface area contributed by atoms with Crippen LogP contribution < -0.4 is 0 Å². The van der Waals surface area contributed by atoms with E-state index >= 15 is 0 Å². The number of carbonyl (C=O) groups is 1. The lowest BCUT2D eigenvalue weighted by Gasteiger charge is -2.32. The van der Waals surface area contributed by atoms with Gasteiger partial charge in [-0.2, -0.15) is 0 Å². The van der Waals surface area contributed by atoms with Crippen LogP contribution >= 0.6 is 0 Å². The average Bonchev–Trinajstić information content (AvgIpc) is 2.29. The Morgan fingerprint density at radius 2 is 2.31 bits per heavy atom. The molecule has 1 aliphatic heterocycles. The second kappa shape index (κ2) is 7.56. The minimum atomic E-state index is -0.836. The molecule has 0 spiro atoms. The maximum atomic E-state index is 10.9. The van der Waals surface area contributed by atoms with E-state index in [1.165, 1.54) is 0 Å². The first-order valence-corrected chi connectivity index (χ1v) is 5.37. The SMILES string of the molecule is COCCOCCN1CCOCC1C(=O)O. The molecule has 0 amide bonds. The quantitative estimate of drug-likeness (QED) is 0.594. The molecule has 6 nitrogen and oxygen atoms in total. The van der Waals surface area contributed by atoms with E-state index in [1.54, 1.807) is 7.11 Å². The predicted octanol–water partition coefficient (Wildman–Crippen LogP) is -0.565. The second-order valence-corrected chi connectivity index (χ2v) is 3.57. The second-order valence-electron chi connectivity index (χ2n) is 3.57. The minimum absolute atomic E-state index is 0.257. The van der Waals surface area contributed by atoms with Crippen molar-refractivity contribution in [2.45, 2.75) is 6.04 Å². The molecular weight excluding hydrogens is 214 g/mol. The van der Waals surface area contributed by atoms with E-state index in [2.05, 4.69) is 0 Å². The molecule has 6 heteroatoms. The summed E-state index contributed by atoms with van der Waals surface area (Å²) < 4.78 is 15.3. The molecule has 0 saturated carbocycles. The molecule has 0 aromatic heterocycles. The highest BCUT2D eigenvalue weighted by atomic mass is 16.5. The number of carboxylic acids is 1. The van der Waals surface area contributed by atoms with Gasteiger partial charge in [-0.15, -0.1) is 0 Å². The van der Waals surface area contributed by atoms with Crippen LogP contribution in [0.5, 0.6) is 0 Å². The van der Waals surface area contributed by atoms with Crippen molar-refractivity contribution in [2.24, 2.45) is 0 Å². The van der Waals surface area contributed by atoms with Gasteiger partial charge in [0.05, 0.1) is 33.0 Å². The van der Waals surface area contributed by atoms with E-state index in [0.717, 1.165) is 0 Å². The van der Waals surface area contributed by atoms with Gasteiger partial charge < -0.3 is 19.3 Å². The Kier molecular flexibility index (Phi) is 6.32. The van der Waals surface area contributed by atoms with Crippen LogP contribution in [0.2, 0.25) is 0 Å². The number of rotatable bonds is 7. The Hall–Kier alpha value is -0.690. The summed E-state index contributed by atoms with van der Waals surface area (Å²) in [5, 5.41) is 8.97. The van der Waals surface area contributed by atoms with Crippen molar-refractivity contribution in [1.82, 2.24) is 4.90 Å². The van der Waals surface area contributed by atoms with Crippen molar-refractivity contribution in [3.63, 3.8) is 0 Å². The molecule has 16 heavy (non-hydrogen) atoms. The summed E-state index contributed by atoms with van der Waals surface area (Å²) in [6.07, 6.45) is 0. The number of hydrogen-bond acceptors (Lipinski definition) is 5. The van der Waals surface area contributed by atoms with E-state index in [4.69, 9.17) is 19.3 Å². The van der Waals surface area contributed by atoms with Gasteiger partial charge in [-0.25, -0.2) is 0 Å². The summed E-state index contributed by atoms with van der Waals surface area (Å²) in [6, 6.07) is -0.542. The first kappa shape index (κ1) is 13.4. The van der Waals surface area contributed by atoms with Crippen molar-refractivity contribution in [3.8, 4) is 0 Å². The first-order chi connectivity index (χ1) is 7.75. The largest absolute Gasteiger partial charge is 0.480 e. The number of ether oxygens (including phenoxy) is 3. The maximum Gasteiger partial charge on any atom is 0.323 e. The lowest BCUT2D eigenvalue weighted by Crippen LogP contribution is -2.50. The van der Waals surface area contributed by atoms with Gasteiger partial charge in [0.15, 0.2) is 0 Å². The third-order valence-corrected chi connectivity index (χ3v) is 2.48. The number of aliphatic carboxylic acids is 1. The Bertz CT molecular complexity index is 211. The molecule has 1 aliphatic rings. The van der Waals surface area contributed by atoms with E-state index in [1.807, 2.05) is 4.90 Å². The van der Waals surface area contributed by atoms with Crippen LogP contribution in [0.15, 0.2) is 0 Å². The van der Waals surface area contributed by atoms with Crippen molar-refractivity contribution in [2.75, 3.05) is 53.2 Å². The van der Waals surface area contributed by atoms with Crippen molar-refractivity contribution >= 4 is 5.97 Å². The Labute approximate surface area is 95.1 Å². The van der Waals surface area contributed by atoms with Crippen molar-refractivity contribution < 1.29 is 24.1 Å². The molecule has 0 aromatic rings. The molecule has 94 valence electrons. The van der Waals surface area contributed by atoms with Crippen LogP contribution in [-0.4, -0.2) is 75.3 Å².